The van der Waals surface area contributed by atoms with Gasteiger partial charge in [0, 0.05) is 27.9 Å². The van der Waals surface area contributed by atoms with Crippen molar-refractivity contribution < 1.29 is 14.3 Å². The zero-order chi connectivity index (χ0) is 17.4. The molecule has 24 heavy (non-hydrogen) atoms. The van der Waals surface area contributed by atoms with Gasteiger partial charge in [-0.2, -0.15) is 0 Å². The Balaban J connectivity index is 1.81. The maximum absolute atomic E-state index is 12.0. The Morgan fingerprint density at radius 2 is 1.50 bits per heavy atom. The van der Waals surface area contributed by atoms with Gasteiger partial charge in [0.25, 0.3) is 0 Å². The number of amides is 2. The monoisotopic (exact) mass is 408 g/mol. The van der Waals surface area contributed by atoms with Crippen LogP contribution in [-0.4, -0.2) is 31.3 Å². The minimum absolute atomic E-state index is 0.00572. The van der Waals surface area contributed by atoms with Gasteiger partial charge < -0.3 is 15.4 Å². The topological polar surface area (TPSA) is 67.4 Å². The summed E-state index contributed by atoms with van der Waals surface area (Å²) < 4.78 is 5.76. The summed E-state index contributed by atoms with van der Waals surface area (Å²) in [5, 5.41) is 5.51. The number of ether oxygens (including phenoxy) is 1. The fraction of sp³-hybridized carbons (Fsp3) is 0.176. The van der Waals surface area contributed by atoms with Crippen molar-refractivity contribution >= 4 is 50.9 Å². The molecule has 2 amide bonds. The summed E-state index contributed by atoms with van der Waals surface area (Å²) in [4.78, 5) is 24.4. The Bertz CT molecular complexity index is 690. The fourth-order valence-electron chi connectivity index (χ4n) is 1.84. The van der Waals surface area contributed by atoms with Gasteiger partial charge in [-0.3, -0.25) is 9.59 Å². The molecule has 0 aromatic heterocycles. The molecule has 2 N–H and O–H groups in total. The van der Waals surface area contributed by atoms with Gasteiger partial charge in [-0.05, 0) is 48.5 Å². The van der Waals surface area contributed by atoms with Crippen molar-refractivity contribution in [1.82, 2.24) is 0 Å². The van der Waals surface area contributed by atoms with E-state index in [1.165, 1.54) is 18.9 Å². The number of hydrogen-bond donors (Lipinski definition) is 2. The molecule has 0 aliphatic heterocycles. The quantitative estimate of drug-likeness (QED) is 0.684. The molecule has 126 valence electrons. The molecule has 0 heterocycles. The van der Waals surface area contributed by atoms with E-state index in [4.69, 9.17) is 4.74 Å². The summed E-state index contributed by atoms with van der Waals surface area (Å²) in [6.45, 7) is 0.00572. The van der Waals surface area contributed by atoms with Gasteiger partial charge in [0.1, 0.15) is 6.61 Å². The van der Waals surface area contributed by atoms with Crippen molar-refractivity contribution in [2.45, 2.75) is 4.90 Å². The first kappa shape index (κ1) is 18.5. The van der Waals surface area contributed by atoms with E-state index in [1.54, 1.807) is 24.3 Å². The van der Waals surface area contributed by atoms with Crippen molar-refractivity contribution in [1.29, 1.82) is 0 Å². The number of rotatable bonds is 7. The van der Waals surface area contributed by atoms with Crippen molar-refractivity contribution in [3.63, 3.8) is 0 Å². The summed E-state index contributed by atoms with van der Waals surface area (Å²) >= 11 is 4.85. The summed E-state index contributed by atoms with van der Waals surface area (Å²) in [5.74, 6) is 0.0211. The SMILES string of the molecule is COCC(=O)Nc1ccc(NC(=O)CSc2ccc(Br)cc2)cc1. The lowest BCUT2D eigenvalue weighted by atomic mass is 10.2. The smallest absolute Gasteiger partial charge is 0.250 e. The maximum atomic E-state index is 12.0. The minimum Gasteiger partial charge on any atom is -0.375 e. The lowest BCUT2D eigenvalue weighted by Crippen LogP contribution is -2.17. The Morgan fingerprint density at radius 3 is 2.04 bits per heavy atom. The van der Waals surface area contributed by atoms with Crippen LogP contribution in [0.25, 0.3) is 0 Å². The molecule has 2 aromatic carbocycles. The predicted molar refractivity (Wildman–Crippen MR) is 100 cm³/mol. The van der Waals surface area contributed by atoms with Crippen LogP contribution in [0.4, 0.5) is 11.4 Å². The second-order valence-corrected chi connectivity index (χ2v) is 6.81. The van der Waals surface area contributed by atoms with Crippen LogP contribution in [0.15, 0.2) is 57.9 Å². The highest BCUT2D eigenvalue weighted by molar-refractivity contribution is 9.10. The number of carbonyl (C=O) groups is 2. The summed E-state index contributed by atoms with van der Waals surface area (Å²) in [7, 11) is 1.46. The molecule has 0 aliphatic carbocycles. The molecule has 2 aromatic rings. The number of methoxy groups -OCH3 is 1. The molecule has 0 saturated carbocycles. The fourth-order valence-corrected chi connectivity index (χ4v) is 2.80. The van der Waals surface area contributed by atoms with Gasteiger partial charge in [-0.15, -0.1) is 11.8 Å². The van der Waals surface area contributed by atoms with Crippen LogP contribution in [0.2, 0.25) is 0 Å². The zero-order valence-electron chi connectivity index (χ0n) is 13.0. The molecule has 0 aliphatic rings. The van der Waals surface area contributed by atoms with Crippen molar-refractivity contribution in [3.8, 4) is 0 Å². The Hall–Kier alpha value is -1.83. The number of anilines is 2. The highest BCUT2D eigenvalue weighted by atomic mass is 79.9. The average molecular weight is 409 g/mol. The van der Waals surface area contributed by atoms with Crippen LogP contribution in [0.3, 0.4) is 0 Å². The molecular formula is C17H17BrN2O3S. The third-order valence-corrected chi connectivity index (χ3v) is 4.45. The number of thioether (sulfide) groups is 1. The van der Waals surface area contributed by atoms with Gasteiger partial charge in [0.15, 0.2) is 0 Å². The Kier molecular flexibility index (Phi) is 7.30. The van der Waals surface area contributed by atoms with Crippen molar-refractivity contribution in [2.24, 2.45) is 0 Å². The minimum atomic E-state index is -0.222. The first-order chi connectivity index (χ1) is 11.6. The molecule has 0 atom stereocenters. The van der Waals surface area contributed by atoms with Crippen LogP contribution in [0.1, 0.15) is 0 Å². The van der Waals surface area contributed by atoms with Crippen LogP contribution in [-0.2, 0) is 14.3 Å². The number of hydrogen-bond acceptors (Lipinski definition) is 4. The first-order valence-corrected chi connectivity index (χ1v) is 8.92. The average Bonchev–Trinajstić information content (AvgIpc) is 2.56. The molecule has 0 fully saturated rings. The van der Waals surface area contributed by atoms with Gasteiger partial charge in [0.2, 0.25) is 11.8 Å². The number of carbonyl (C=O) groups excluding carboxylic acids is 2. The normalized spacial score (nSPS) is 10.2. The highest BCUT2D eigenvalue weighted by Crippen LogP contribution is 2.21. The van der Waals surface area contributed by atoms with Crippen LogP contribution in [0.5, 0.6) is 0 Å². The molecule has 0 radical (unpaired) electrons. The van der Waals surface area contributed by atoms with Gasteiger partial charge in [-0.25, -0.2) is 0 Å². The zero-order valence-corrected chi connectivity index (χ0v) is 15.4. The molecule has 0 spiro atoms. The summed E-state index contributed by atoms with van der Waals surface area (Å²) in [5.41, 5.74) is 1.33. The number of benzene rings is 2. The highest BCUT2D eigenvalue weighted by Gasteiger charge is 2.05. The standard InChI is InChI=1S/C17H17BrN2O3S/c1-23-10-16(21)19-13-4-6-14(7-5-13)20-17(22)11-24-15-8-2-12(18)3-9-15/h2-9H,10-11H2,1H3,(H,19,21)(H,20,22). The number of halogens is 1. The second kappa shape index (κ2) is 9.46. The Labute approximate surface area is 153 Å². The van der Waals surface area contributed by atoms with Crippen molar-refractivity contribution in [2.75, 3.05) is 30.1 Å². The molecular weight excluding hydrogens is 392 g/mol. The Morgan fingerprint density at radius 1 is 0.958 bits per heavy atom. The van der Waals surface area contributed by atoms with E-state index in [0.29, 0.717) is 17.1 Å². The van der Waals surface area contributed by atoms with E-state index in [2.05, 4.69) is 26.6 Å². The lowest BCUT2D eigenvalue weighted by Gasteiger charge is -2.08. The largest absolute Gasteiger partial charge is 0.375 e. The third-order valence-electron chi connectivity index (χ3n) is 2.91. The van der Waals surface area contributed by atoms with Crippen LogP contribution < -0.4 is 10.6 Å². The summed E-state index contributed by atoms with van der Waals surface area (Å²) in [6.07, 6.45) is 0. The molecule has 2 rings (SSSR count). The van der Waals surface area contributed by atoms with E-state index in [0.717, 1.165) is 9.37 Å². The molecule has 5 nitrogen and oxygen atoms in total. The van der Waals surface area contributed by atoms with Crippen LogP contribution in [0, 0.1) is 0 Å². The van der Waals surface area contributed by atoms with Gasteiger partial charge in [0.05, 0.1) is 5.75 Å². The molecule has 7 heteroatoms. The van der Waals surface area contributed by atoms with Gasteiger partial charge >= 0.3 is 0 Å². The van der Waals surface area contributed by atoms with E-state index in [-0.39, 0.29) is 18.4 Å². The predicted octanol–water partition coefficient (Wildman–Crippen LogP) is 3.76. The van der Waals surface area contributed by atoms with Crippen molar-refractivity contribution in [3.05, 3.63) is 53.0 Å². The molecule has 0 unspecified atom stereocenters. The molecule has 0 saturated heterocycles. The number of nitrogens with one attached hydrogen (secondary N) is 2. The summed E-state index contributed by atoms with van der Waals surface area (Å²) in [6, 6.07) is 14.7. The van der Waals surface area contributed by atoms with Crippen LogP contribution >= 0.6 is 27.7 Å². The van der Waals surface area contributed by atoms with E-state index >= 15 is 0 Å². The third kappa shape index (κ3) is 6.35. The second-order valence-electron chi connectivity index (χ2n) is 4.85. The van der Waals surface area contributed by atoms with E-state index in [9.17, 15) is 9.59 Å². The van der Waals surface area contributed by atoms with Gasteiger partial charge in [-0.1, -0.05) is 15.9 Å². The maximum Gasteiger partial charge on any atom is 0.250 e. The van der Waals surface area contributed by atoms with E-state index in [1.807, 2.05) is 24.3 Å². The lowest BCUT2D eigenvalue weighted by molar-refractivity contribution is -0.119. The first-order valence-electron chi connectivity index (χ1n) is 7.14. The molecule has 0 bridgehead atoms. The van der Waals surface area contributed by atoms with E-state index < -0.39 is 0 Å².